The number of carboxylic acids is 1. The third-order valence-electron chi connectivity index (χ3n) is 3.04. The van der Waals surface area contributed by atoms with Crippen molar-refractivity contribution < 1.29 is 19.1 Å². The Morgan fingerprint density at radius 3 is 2.81 bits per heavy atom. The van der Waals surface area contributed by atoms with Crippen LogP contribution in [0.3, 0.4) is 0 Å². The van der Waals surface area contributed by atoms with Gasteiger partial charge in [0.1, 0.15) is 11.3 Å². The number of ether oxygens (including phenoxy) is 1. The molecule has 0 saturated carbocycles. The molecule has 2 aromatic carbocycles. The molecule has 0 unspecified atom stereocenters. The summed E-state index contributed by atoms with van der Waals surface area (Å²) in [5.41, 5.74) is 1.93. The predicted molar refractivity (Wildman–Crippen MR) is 80.7 cm³/mol. The number of hydrogen-bond donors (Lipinski definition) is 1. The summed E-state index contributed by atoms with van der Waals surface area (Å²) in [4.78, 5) is 15.3. The fraction of sp³-hybridized carbons (Fsp3) is 0.0667. The van der Waals surface area contributed by atoms with Gasteiger partial charge in [-0.15, -0.1) is 0 Å². The van der Waals surface area contributed by atoms with Crippen molar-refractivity contribution in [3.63, 3.8) is 0 Å². The number of rotatable bonds is 3. The Hall–Kier alpha value is -2.34. The van der Waals surface area contributed by atoms with Gasteiger partial charge in [0, 0.05) is 4.47 Å². The second kappa shape index (κ2) is 5.21. The van der Waals surface area contributed by atoms with Crippen molar-refractivity contribution in [2.24, 2.45) is 0 Å². The first-order valence-electron chi connectivity index (χ1n) is 6.06. The molecule has 0 spiro atoms. The number of carboxylic acid groups (broad SMARTS) is 1. The molecule has 3 aromatic rings. The van der Waals surface area contributed by atoms with Crippen LogP contribution in [0.5, 0.6) is 5.75 Å². The van der Waals surface area contributed by atoms with Crippen molar-refractivity contribution in [2.45, 2.75) is 0 Å². The van der Waals surface area contributed by atoms with E-state index in [1.165, 1.54) is 12.1 Å². The van der Waals surface area contributed by atoms with E-state index in [1.807, 2.05) is 12.1 Å². The molecular weight excluding hydrogens is 338 g/mol. The van der Waals surface area contributed by atoms with Gasteiger partial charge < -0.3 is 14.3 Å². The second-order valence-electron chi connectivity index (χ2n) is 4.35. The van der Waals surface area contributed by atoms with E-state index in [0.29, 0.717) is 22.7 Å². The molecule has 0 radical (unpaired) electrons. The van der Waals surface area contributed by atoms with Crippen LogP contribution in [0.2, 0.25) is 0 Å². The van der Waals surface area contributed by atoms with Gasteiger partial charge in [-0.2, -0.15) is 0 Å². The molecule has 1 N–H and O–H groups in total. The van der Waals surface area contributed by atoms with Crippen molar-refractivity contribution >= 4 is 33.0 Å². The molecular formula is C15H10BrNO4. The van der Waals surface area contributed by atoms with E-state index >= 15 is 0 Å². The summed E-state index contributed by atoms with van der Waals surface area (Å²) in [6, 6.07) is 10.0. The molecule has 0 fully saturated rings. The summed E-state index contributed by atoms with van der Waals surface area (Å²) < 4.78 is 11.7. The fourth-order valence-corrected chi connectivity index (χ4v) is 2.38. The molecule has 1 aromatic heterocycles. The lowest BCUT2D eigenvalue weighted by atomic mass is 10.2. The van der Waals surface area contributed by atoms with E-state index in [2.05, 4.69) is 20.9 Å². The van der Waals surface area contributed by atoms with Gasteiger partial charge in [0.25, 0.3) is 0 Å². The third kappa shape index (κ3) is 2.50. The molecule has 0 atom stereocenters. The maximum atomic E-state index is 11.0. The lowest BCUT2D eigenvalue weighted by Gasteiger charge is -2.03. The highest BCUT2D eigenvalue weighted by molar-refractivity contribution is 9.10. The Morgan fingerprint density at radius 1 is 1.29 bits per heavy atom. The lowest BCUT2D eigenvalue weighted by Crippen LogP contribution is -1.94. The van der Waals surface area contributed by atoms with Crippen LogP contribution in [0.25, 0.3) is 22.6 Å². The van der Waals surface area contributed by atoms with Crippen molar-refractivity contribution in [1.29, 1.82) is 0 Å². The molecule has 5 nitrogen and oxygen atoms in total. The molecule has 0 aliphatic carbocycles. The van der Waals surface area contributed by atoms with E-state index < -0.39 is 5.97 Å². The number of benzene rings is 2. The summed E-state index contributed by atoms with van der Waals surface area (Å²) in [7, 11) is 1.58. The number of carbonyl (C=O) groups is 1. The van der Waals surface area contributed by atoms with Crippen molar-refractivity contribution in [3.05, 3.63) is 46.4 Å². The molecule has 3 rings (SSSR count). The zero-order chi connectivity index (χ0) is 15.0. The zero-order valence-electron chi connectivity index (χ0n) is 11.0. The molecule has 0 aliphatic rings. The second-order valence-corrected chi connectivity index (χ2v) is 5.21. The minimum absolute atomic E-state index is 0.162. The van der Waals surface area contributed by atoms with Crippen LogP contribution in [0.1, 0.15) is 10.4 Å². The van der Waals surface area contributed by atoms with Crippen LogP contribution in [0.4, 0.5) is 0 Å². The number of hydrogen-bond acceptors (Lipinski definition) is 4. The Bertz CT molecular complexity index is 841. The largest absolute Gasteiger partial charge is 0.497 e. The van der Waals surface area contributed by atoms with E-state index in [9.17, 15) is 4.79 Å². The SMILES string of the molecule is COc1ccc(Br)c(-c2nc3ccc(C(=O)O)cc3o2)c1. The van der Waals surface area contributed by atoms with Crippen LogP contribution >= 0.6 is 15.9 Å². The van der Waals surface area contributed by atoms with Gasteiger partial charge in [0.05, 0.1) is 18.2 Å². The molecule has 1 heterocycles. The van der Waals surface area contributed by atoms with Crippen LogP contribution in [-0.2, 0) is 0 Å². The van der Waals surface area contributed by atoms with Gasteiger partial charge in [-0.1, -0.05) is 0 Å². The standard InChI is InChI=1S/C15H10BrNO4/c1-20-9-3-4-11(16)10(7-9)14-17-12-5-2-8(15(18)19)6-13(12)21-14/h2-7H,1H3,(H,18,19). The number of fused-ring (bicyclic) bond motifs is 1. The first-order chi connectivity index (χ1) is 10.1. The molecule has 0 bridgehead atoms. The molecule has 106 valence electrons. The van der Waals surface area contributed by atoms with E-state index in [4.69, 9.17) is 14.3 Å². The van der Waals surface area contributed by atoms with Crippen LogP contribution in [-0.4, -0.2) is 23.2 Å². The van der Waals surface area contributed by atoms with Gasteiger partial charge in [0.15, 0.2) is 5.58 Å². The molecule has 21 heavy (non-hydrogen) atoms. The number of halogens is 1. The van der Waals surface area contributed by atoms with E-state index in [0.717, 1.165) is 10.0 Å². The molecule has 0 saturated heterocycles. The minimum atomic E-state index is -1.00. The Morgan fingerprint density at radius 2 is 2.10 bits per heavy atom. The average molecular weight is 348 g/mol. The van der Waals surface area contributed by atoms with Gasteiger partial charge in [-0.3, -0.25) is 0 Å². The topological polar surface area (TPSA) is 72.6 Å². The van der Waals surface area contributed by atoms with Crippen LogP contribution in [0.15, 0.2) is 45.3 Å². The quantitative estimate of drug-likeness (QED) is 0.776. The summed E-state index contributed by atoms with van der Waals surface area (Å²) in [5, 5.41) is 8.99. The highest BCUT2D eigenvalue weighted by Crippen LogP contribution is 2.33. The number of aromatic nitrogens is 1. The Labute approximate surface area is 128 Å². The van der Waals surface area contributed by atoms with Gasteiger partial charge >= 0.3 is 5.97 Å². The van der Waals surface area contributed by atoms with Crippen molar-refractivity contribution in [1.82, 2.24) is 4.98 Å². The maximum Gasteiger partial charge on any atom is 0.335 e. The predicted octanol–water partition coefficient (Wildman–Crippen LogP) is 3.96. The van der Waals surface area contributed by atoms with E-state index in [1.54, 1.807) is 19.2 Å². The number of nitrogens with zero attached hydrogens (tertiary/aromatic N) is 1. The Kier molecular flexibility index (Phi) is 3.39. The van der Waals surface area contributed by atoms with E-state index in [-0.39, 0.29) is 5.56 Å². The number of aromatic carboxylic acids is 1. The highest BCUT2D eigenvalue weighted by Gasteiger charge is 2.14. The highest BCUT2D eigenvalue weighted by atomic mass is 79.9. The van der Waals surface area contributed by atoms with Gasteiger partial charge in [-0.25, -0.2) is 9.78 Å². The monoisotopic (exact) mass is 347 g/mol. The van der Waals surface area contributed by atoms with Crippen molar-refractivity contribution in [2.75, 3.05) is 7.11 Å². The van der Waals surface area contributed by atoms with Gasteiger partial charge in [-0.05, 0) is 52.3 Å². The first kappa shape index (κ1) is 13.6. The van der Waals surface area contributed by atoms with Crippen molar-refractivity contribution in [3.8, 4) is 17.2 Å². The van der Waals surface area contributed by atoms with Crippen LogP contribution < -0.4 is 4.74 Å². The smallest absolute Gasteiger partial charge is 0.335 e. The molecule has 0 amide bonds. The summed E-state index contributed by atoms with van der Waals surface area (Å²) in [6.07, 6.45) is 0. The average Bonchev–Trinajstić information content (AvgIpc) is 2.90. The summed E-state index contributed by atoms with van der Waals surface area (Å²) >= 11 is 3.44. The fourth-order valence-electron chi connectivity index (χ4n) is 1.97. The maximum absolute atomic E-state index is 11.0. The first-order valence-corrected chi connectivity index (χ1v) is 6.85. The Balaban J connectivity index is 2.15. The zero-order valence-corrected chi connectivity index (χ0v) is 12.5. The molecule has 6 heteroatoms. The molecule has 0 aliphatic heterocycles. The summed E-state index contributed by atoms with van der Waals surface area (Å²) in [5.74, 6) is 0.0809. The minimum Gasteiger partial charge on any atom is -0.497 e. The normalized spacial score (nSPS) is 10.8. The number of methoxy groups -OCH3 is 1. The van der Waals surface area contributed by atoms with Crippen LogP contribution in [0, 0.1) is 0 Å². The van der Waals surface area contributed by atoms with Gasteiger partial charge in [0.2, 0.25) is 5.89 Å². The lowest BCUT2D eigenvalue weighted by molar-refractivity contribution is 0.0697. The summed E-state index contributed by atoms with van der Waals surface area (Å²) in [6.45, 7) is 0. The third-order valence-corrected chi connectivity index (χ3v) is 3.73. The number of oxazole rings is 1.